The van der Waals surface area contributed by atoms with E-state index < -0.39 is 0 Å². The Bertz CT molecular complexity index is 443. The number of ether oxygens (including phenoxy) is 1. The lowest BCUT2D eigenvalue weighted by molar-refractivity contribution is -0.134. The number of amides is 1. The van der Waals surface area contributed by atoms with E-state index in [1.54, 1.807) is 12.7 Å². The van der Waals surface area contributed by atoms with Crippen LogP contribution in [0.3, 0.4) is 0 Å². The van der Waals surface area contributed by atoms with Crippen LogP contribution in [0.2, 0.25) is 0 Å². The van der Waals surface area contributed by atoms with E-state index in [-0.39, 0.29) is 11.9 Å². The van der Waals surface area contributed by atoms with E-state index in [4.69, 9.17) is 4.74 Å². The Labute approximate surface area is 125 Å². The molecule has 1 aromatic rings. The van der Waals surface area contributed by atoms with Crippen LogP contribution in [-0.4, -0.2) is 51.4 Å². The van der Waals surface area contributed by atoms with Gasteiger partial charge in [0.15, 0.2) is 0 Å². The summed E-state index contributed by atoms with van der Waals surface area (Å²) in [6.45, 7) is 2.49. The van der Waals surface area contributed by atoms with Crippen molar-refractivity contribution in [3.8, 4) is 0 Å². The highest BCUT2D eigenvalue weighted by Crippen LogP contribution is 2.22. The van der Waals surface area contributed by atoms with Crippen LogP contribution in [0, 0.1) is 0 Å². The van der Waals surface area contributed by atoms with E-state index >= 15 is 0 Å². The molecule has 0 radical (unpaired) electrons. The van der Waals surface area contributed by atoms with Crippen LogP contribution in [0.25, 0.3) is 0 Å². The molecule has 3 heterocycles. The van der Waals surface area contributed by atoms with Gasteiger partial charge in [-0.2, -0.15) is 5.10 Å². The predicted octanol–water partition coefficient (Wildman–Crippen LogP) is 1.79. The molecule has 2 aliphatic heterocycles. The molecule has 2 saturated heterocycles. The quantitative estimate of drug-likeness (QED) is 0.849. The Hall–Kier alpha value is -1.43. The van der Waals surface area contributed by atoms with Gasteiger partial charge in [0.05, 0.1) is 12.1 Å². The van der Waals surface area contributed by atoms with Crippen molar-refractivity contribution < 1.29 is 9.53 Å². The predicted molar refractivity (Wildman–Crippen MR) is 77.7 cm³/mol. The topological polar surface area (TPSA) is 60.2 Å². The molecule has 2 fully saturated rings. The normalized spacial score (nSPS) is 26.8. The number of nitrogens with zero attached hydrogens (tertiary/aromatic N) is 4. The molecule has 6 heteroatoms. The van der Waals surface area contributed by atoms with Crippen LogP contribution in [0.1, 0.15) is 51.0 Å². The number of aromatic nitrogens is 3. The summed E-state index contributed by atoms with van der Waals surface area (Å²) in [6, 6.07) is 0.274. The van der Waals surface area contributed by atoms with Gasteiger partial charge in [-0.15, -0.1) is 0 Å². The highest BCUT2D eigenvalue weighted by molar-refractivity contribution is 5.76. The summed E-state index contributed by atoms with van der Waals surface area (Å²) in [6.07, 6.45) is 10.7. The van der Waals surface area contributed by atoms with Gasteiger partial charge in [0, 0.05) is 26.1 Å². The first-order valence-corrected chi connectivity index (χ1v) is 8.06. The lowest BCUT2D eigenvalue weighted by Crippen LogP contribution is -2.41. The summed E-state index contributed by atoms with van der Waals surface area (Å²) in [5.41, 5.74) is 0. The van der Waals surface area contributed by atoms with Gasteiger partial charge in [-0.05, 0) is 38.5 Å². The smallest absolute Gasteiger partial charge is 0.222 e. The molecule has 0 aliphatic carbocycles. The first-order chi connectivity index (χ1) is 10.3. The number of rotatable bonds is 4. The molecule has 0 bridgehead atoms. The number of hydrogen-bond donors (Lipinski definition) is 0. The molecule has 1 amide bonds. The third-order valence-electron chi connectivity index (χ3n) is 4.51. The maximum absolute atomic E-state index is 12.4. The molecule has 0 N–H and O–H groups in total. The summed E-state index contributed by atoms with van der Waals surface area (Å²) < 4.78 is 7.58. The van der Waals surface area contributed by atoms with E-state index in [1.165, 1.54) is 6.42 Å². The van der Waals surface area contributed by atoms with E-state index in [1.807, 2.05) is 9.58 Å². The monoisotopic (exact) mass is 292 g/mol. The lowest BCUT2D eigenvalue weighted by atomic mass is 10.0. The molecule has 3 rings (SSSR count). The average Bonchev–Trinajstić information content (AvgIpc) is 3.08. The molecular weight excluding hydrogens is 268 g/mol. The zero-order valence-corrected chi connectivity index (χ0v) is 12.5. The molecule has 2 atom stereocenters. The van der Waals surface area contributed by atoms with Gasteiger partial charge in [0.1, 0.15) is 12.7 Å². The number of carbonyl (C=O) groups is 1. The minimum Gasteiger partial charge on any atom is -0.378 e. The second-order valence-corrected chi connectivity index (χ2v) is 6.04. The van der Waals surface area contributed by atoms with Crippen molar-refractivity contribution in [3.63, 3.8) is 0 Å². The Morgan fingerprint density at radius 3 is 3.00 bits per heavy atom. The van der Waals surface area contributed by atoms with Crippen LogP contribution < -0.4 is 0 Å². The Balaban J connectivity index is 1.47. The summed E-state index contributed by atoms with van der Waals surface area (Å²) >= 11 is 0. The number of carbonyl (C=O) groups excluding carboxylic acids is 1. The number of piperidine rings is 1. The van der Waals surface area contributed by atoms with Gasteiger partial charge >= 0.3 is 0 Å². The third kappa shape index (κ3) is 3.81. The van der Waals surface area contributed by atoms with E-state index in [0.717, 1.165) is 51.8 Å². The Morgan fingerprint density at radius 2 is 2.24 bits per heavy atom. The van der Waals surface area contributed by atoms with Gasteiger partial charge in [0.2, 0.25) is 5.91 Å². The summed E-state index contributed by atoms with van der Waals surface area (Å²) in [7, 11) is 0. The SMILES string of the molecule is O=C(CC[C@H]1CCCCO1)N1CCC[C@H](n2cncn2)C1. The fraction of sp³-hybridized carbons (Fsp3) is 0.800. The summed E-state index contributed by atoms with van der Waals surface area (Å²) in [4.78, 5) is 18.4. The number of likely N-dealkylation sites (tertiary alicyclic amines) is 1. The van der Waals surface area contributed by atoms with Crippen LogP contribution in [0.4, 0.5) is 0 Å². The standard InChI is InChI=1S/C15H24N4O2/c20-15(7-6-14-5-1-2-9-21-14)18-8-3-4-13(10-18)19-12-16-11-17-19/h11-14H,1-10H2/t13-,14+/m0/s1. The molecule has 0 spiro atoms. The minimum absolute atomic E-state index is 0.258. The molecule has 0 aromatic carbocycles. The maximum atomic E-state index is 12.4. The molecule has 6 nitrogen and oxygen atoms in total. The van der Waals surface area contributed by atoms with Crippen LogP contribution in [-0.2, 0) is 9.53 Å². The molecule has 2 aliphatic rings. The average molecular weight is 292 g/mol. The summed E-state index contributed by atoms with van der Waals surface area (Å²) in [5.74, 6) is 0.258. The molecular formula is C15H24N4O2. The fourth-order valence-corrected chi connectivity index (χ4v) is 3.28. The van der Waals surface area contributed by atoms with Crippen LogP contribution >= 0.6 is 0 Å². The van der Waals surface area contributed by atoms with Gasteiger partial charge in [0.25, 0.3) is 0 Å². The summed E-state index contributed by atoms with van der Waals surface area (Å²) in [5, 5.41) is 4.20. The molecule has 0 unspecified atom stereocenters. The van der Waals surface area contributed by atoms with Crippen molar-refractivity contribution in [1.82, 2.24) is 19.7 Å². The largest absolute Gasteiger partial charge is 0.378 e. The van der Waals surface area contributed by atoms with E-state index in [2.05, 4.69) is 10.1 Å². The van der Waals surface area contributed by atoms with Crippen molar-refractivity contribution in [1.29, 1.82) is 0 Å². The van der Waals surface area contributed by atoms with Crippen molar-refractivity contribution in [3.05, 3.63) is 12.7 Å². The maximum Gasteiger partial charge on any atom is 0.222 e. The Morgan fingerprint density at radius 1 is 1.29 bits per heavy atom. The second kappa shape index (κ2) is 7.02. The van der Waals surface area contributed by atoms with Crippen molar-refractivity contribution in [2.75, 3.05) is 19.7 Å². The van der Waals surface area contributed by atoms with Gasteiger partial charge in [-0.1, -0.05) is 0 Å². The zero-order valence-electron chi connectivity index (χ0n) is 12.5. The highest BCUT2D eigenvalue weighted by atomic mass is 16.5. The first-order valence-electron chi connectivity index (χ1n) is 8.06. The van der Waals surface area contributed by atoms with Crippen molar-refractivity contribution in [2.45, 2.75) is 57.1 Å². The van der Waals surface area contributed by atoms with Crippen LogP contribution in [0.15, 0.2) is 12.7 Å². The fourth-order valence-electron chi connectivity index (χ4n) is 3.28. The Kier molecular flexibility index (Phi) is 4.85. The molecule has 116 valence electrons. The van der Waals surface area contributed by atoms with Gasteiger partial charge in [-0.25, -0.2) is 9.67 Å². The van der Waals surface area contributed by atoms with Crippen molar-refractivity contribution >= 4 is 5.91 Å². The molecule has 0 saturated carbocycles. The molecule has 1 aromatic heterocycles. The molecule has 21 heavy (non-hydrogen) atoms. The lowest BCUT2D eigenvalue weighted by Gasteiger charge is -2.33. The van der Waals surface area contributed by atoms with E-state index in [0.29, 0.717) is 12.5 Å². The zero-order chi connectivity index (χ0) is 14.5. The minimum atomic E-state index is 0.258. The van der Waals surface area contributed by atoms with Gasteiger partial charge in [-0.3, -0.25) is 4.79 Å². The van der Waals surface area contributed by atoms with Crippen LogP contribution in [0.5, 0.6) is 0 Å². The van der Waals surface area contributed by atoms with Crippen molar-refractivity contribution in [2.24, 2.45) is 0 Å². The van der Waals surface area contributed by atoms with Gasteiger partial charge < -0.3 is 9.64 Å². The van der Waals surface area contributed by atoms with E-state index in [9.17, 15) is 4.79 Å². The second-order valence-electron chi connectivity index (χ2n) is 6.04. The highest BCUT2D eigenvalue weighted by Gasteiger charge is 2.25. The first kappa shape index (κ1) is 14.5. The number of hydrogen-bond acceptors (Lipinski definition) is 4. The third-order valence-corrected chi connectivity index (χ3v) is 4.51.